The minimum Gasteiger partial charge on any atom is -0.479 e. The van der Waals surface area contributed by atoms with E-state index in [-0.39, 0.29) is 12.5 Å². The summed E-state index contributed by atoms with van der Waals surface area (Å²) in [6.07, 6.45) is -3.69. The van der Waals surface area contributed by atoms with Gasteiger partial charge in [0, 0.05) is 6.42 Å². The molecule has 0 spiro atoms. The molecule has 1 fully saturated rings. The van der Waals surface area contributed by atoms with Gasteiger partial charge in [-0.3, -0.25) is 0 Å². The van der Waals surface area contributed by atoms with E-state index in [0.29, 0.717) is 0 Å². The molecule has 70 valence electrons. The Morgan fingerprint density at radius 2 is 2.08 bits per heavy atom. The van der Waals surface area contributed by atoms with Crippen molar-refractivity contribution >= 4 is 5.97 Å². The summed E-state index contributed by atoms with van der Waals surface area (Å²) >= 11 is 0. The van der Waals surface area contributed by atoms with Crippen LogP contribution in [0, 0.1) is 0 Å². The first kappa shape index (κ1) is 9.44. The third-order valence-electron chi connectivity index (χ3n) is 1.90. The molecule has 0 aromatic carbocycles. The Morgan fingerprint density at radius 1 is 1.50 bits per heavy atom. The summed E-state index contributed by atoms with van der Waals surface area (Å²) in [5.41, 5.74) is 0. The van der Waals surface area contributed by atoms with Crippen LogP contribution in [0.5, 0.6) is 0 Å². The van der Waals surface area contributed by atoms with E-state index in [2.05, 4.69) is 0 Å². The Balaban J connectivity index is 2.66. The molecule has 5 heteroatoms. The molecule has 1 rings (SSSR count). The fourth-order valence-electron chi connectivity index (χ4n) is 1.27. The Hall–Kier alpha value is -0.650. The maximum absolute atomic E-state index is 10.5. The zero-order valence-corrected chi connectivity index (χ0v) is 6.67. The van der Waals surface area contributed by atoms with Crippen molar-refractivity contribution < 1.29 is 24.9 Å². The highest BCUT2D eigenvalue weighted by atomic mass is 16.5. The smallest absolute Gasteiger partial charge is 0.335 e. The summed E-state index contributed by atoms with van der Waals surface area (Å²) in [5.74, 6) is -1.24. The number of carboxylic acid groups (broad SMARTS) is 1. The lowest BCUT2D eigenvalue weighted by Gasteiger charge is -2.33. The number of ether oxygens (including phenoxy) is 1. The van der Waals surface area contributed by atoms with Crippen molar-refractivity contribution in [2.24, 2.45) is 0 Å². The summed E-state index contributed by atoms with van der Waals surface area (Å²) < 4.78 is 4.92. The van der Waals surface area contributed by atoms with Crippen LogP contribution < -0.4 is 0 Å². The van der Waals surface area contributed by atoms with Crippen molar-refractivity contribution in [3.8, 4) is 0 Å². The predicted molar refractivity (Wildman–Crippen MR) is 38.6 cm³/mol. The fourth-order valence-corrected chi connectivity index (χ4v) is 1.27. The van der Waals surface area contributed by atoms with Crippen LogP contribution in [0.1, 0.15) is 13.3 Å². The molecule has 0 aliphatic carbocycles. The van der Waals surface area contributed by atoms with Crippen molar-refractivity contribution in [1.82, 2.24) is 0 Å². The van der Waals surface area contributed by atoms with E-state index in [1.807, 2.05) is 0 Å². The lowest BCUT2D eigenvalue weighted by Crippen LogP contribution is -2.51. The predicted octanol–water partition coefficient (Wildman–Crippen LogP) is -1.03. The van der Waals surface area contributed by atoms with Gasteiger partial charge < -0.3 is 20.1 Å². The lowest BCUT2D eigenvalue weighted by atomic mass is 9.99. The third kappa shape index (κ3) is 1.74. The Kier molecular flexibility index (Phi) is 2.66. The van der Waals surface area contributed by atoms with Gasteiger partial charge in [0.2, 0.25) is 0 Å². The van der Waals surface area contributed by atoms with E-state index < -0.39 is 24.3 Å². The second-order valence-corrected chi connectivity index (χ2v) is 3.00. The number of rotatable bonds is 1. The molecule has 0 saturated carbocycles. The first-order valence-corrected chi connectivity index (χ1v) is 3.76. The van der Waals surface area contributed by atoms with Crippen molar-refractivity contribution in [2.45, 2.75) is 37.8 Å². The molecule has 12 heavy (non-hydrogen) atoms. The van der Waals surface area contributed by atoms with Crippen LogP contribution in [0.2, 0.25) is 0 Å². The Morgan fingerprint density at radius 3 is 2.58 bits per heavy atom. The molecule has 0 aromatic heterocycles. The largest absolute Gasteiger partial charge is 0.479 e. The molecule has 1 saturated heterocycles. The Labute approximate surface area is 69.6 Å². The van der Waals surface area contributed by atoms with Gasteiger partial charge in [-0.1, -0.05) is 0 Å². The molecule has 3 N–H and O–H groups in total. The molecular formula is C7H12O5. The quantitative estimate of drug-likeness (QED) is 0.475. The van der Waals surface area contributed by atoms with Crippen molar-refractivity contribution in [2.75, 3.05) is 0 Å². The fraction of sp³-hybridized carbons (Fsp3) is 0.857. The number of aliphatic carboxylic acids is 1. The molecule has 1 heterocycles. The highest BCUT2D eigenvalue weighted by Crippen LogP contribution is 2.19. The van der Waals surface area contributed by atoms with Gasteiger partial charge in [-0.15, -0.1) is 0 Å². The van der Waals surface area contributed by atoms with Gasteiger partial charge in [0.05, 0.1) is 12.2 Å². The number of carboxylic acids is 1. The first-order chi connectivity index (χ1) is 5.52. The topological polar surface area (TPSA) is 87.0 Å². The van der Waals surface area contributed by atoms with E-state index in [0.717, 1.165) is 0 Å². The van der Waals surface area contributed by atoms with Crippen LogP contribution in [0.3, 0.4) is 0 Å². The van der Waals surface area contributed by atoms with Crippen LogP contribution in [0.4, 0.5) is 0 Å². The summed E-state index contributed by atoms with van der Waals surface area (Å²) in [7, 11) is 0. The van der Waals surface area contributed by atoms with Gasteiger partial charge in [-0.25, -0.2) is 4.79 Å². The highest BCUT2D eigenvalue weighted by Gasteiger charge is 2.39. The summed E-state index contributed by atoms with van der Waals surface area (Å²) in [5, 5.41) is 26.9. The van der Waals surface area contributed by atoms with Gasteiger partial charge >= 0.3 is 5.97 Å². The summed E-state index contributed by atoms with van der Waals surface area (Å²) in [4.78, 5) is 10.5. The van der Waals surface area contributed by atoms with Crippen LogP contribution in [0.15, 0.2) is 0 Å². The second kappa shape index (κ2) is 3.38. The van der Waals surface area contributed by atoms with E-state index >= 15 is 0 Å². The molecule has 0 radical (unpaired) electrons. The highest BCUT2D eigenvalue weighted by molar-refractivity contribution is 5.73. The summed E-state index contributed by atoms with van der Waals surface area (Å²) in [6, 6.07) is 0. The van der Waals surface area contributed by atoms with Crippen LogP contribution in [-0.2, 0) is 9.53 Å². The minimum absolute atomic E-state index is 0.269. The molecule has 1 aliphatic rings. The number of carbonyl (C=O) groups is 1. The third-order valence-corrected chi connectivity index (χ3v) is 1.90. The number of hydrogen-bond acceptors (Lipinski definition) is 4. The van der Waals surface area contributed by atoms with Gasteiger partial charge in [-0.05, 0) is 6.92 Å². The van der Waals surface area contributed by atoms with Gasteiger partial charge in [0.25, 0.3) is 0 Å². The molecule has 2 unspecified atom stereocenters. The molecule has 0 bridgehead atoms. The van der Waals surface area contributed by atoms with E-state index in [1.165, 1.54) is 0 Å². The summed E-state index contributed by atoms with van der Waals surface area (Å²) in [6.45, 7) is 1.66. The first-order valence-electron chi connectivity index (χ1n) is 3.76. The second-order valence-electron chi connectivity index (χ2n) is 3.00. The molecule has 4 atom stereocenters. The SMILES string of the molecule is CC1CC(O)[C@H](O)[C@@H](C(=O)O)O1. The average Bonchev–Trinajstić information content (AvgIpc) is 1.96. The number of hydrogen-bond donors (Lipinski definition) is 3. The van der Waals surface area contributed by atoms with Gasteiger partial charge in [0.15, 0.2) is 6.10 Å². The number of aliphatic hydroxyl groups is 2. The normalized spacial score (nSPS) is 42.6. The monoisotopic (exact) mass is 176 g/mol. The average molecular weight is 176 g/mol. The maximum Gasteiger partial charge on any atom is 0.335 e. The molecule has 5 nitrogen and oxygen atoms in total. The van der Waals surface area contributed by atoms with E-state index in [9.17, 15) is 9.90 Å². The molecule has 0 amide bonds. The van der Waals surface area contributed by atoms with Gasteiger partial charge in [-0.2, -0.15) is 0 Å². The number of aliphatic hydroxyl groups excluding tert-OH is 2. The van der Waals surface area contributed by atoms with Crippen LogP contribution in [-0.4, -0.2) is 45.7 Å². The zero-order chi connectivity index (χ0) is 9.30. The van der Waals surface area contributed by atoms with Crippen LogP contribution in [0.25, 0.3) is 0 Å². The zero-order valence-electron chi connectivity index (χ0n) is 6.67. The van der Waals surface area contributed by atoms with Gasteiger partial charge in [0.1, 0.15) is 6.10 Å². The molecular weight excluding hydrogens is 164 g/mol. The van der Waals surface area contributed by atoms with Crippen molar-refractivity contribution in [1.29, 1.82) is 0 Å². The molecule has 0 aromatic rings. The molecule has 1 aliphatic heterocycles. The van der Waals surface area contributed by atoms with E-state index in [1.54, 1.807) is 6.92 Å². The standard InChI is InChI=1S/C7H12O5/c1-3-2-4(8)5(9)6(12-3)7(10)11/h3-6,8-9H,2H2,1H3,(H,10,11)/t3?,4?,5-,6-/m0/s1. The minimum atomic E-state index is -1.32. The maximum atomic E-state index is 10.5. The van der Waals surface area contributed by atoms with Crippen molar-refractivity contribution in [3.63, 3.8) is 0 Å². The van der Waals surface area contributed by atoms with E-state index in [4.69, 9.17) is 14.9 Å². The van der Waals surface area contributed by atoms with Crippen molar-refractivity contribution in [3.05, 3.63) is 0 Å². The lowest BCUT2D eigenvalue weighted by molar-refractivity contribution is -0.190. The Bertz CT molecular complexity index is 181. The van der Waals surface area contributed by atoms with Crippen LogP contribution >= 0.6 is 0 Å².